The van der Waals surface area contributed by atoms with Crippen molar-refractivity contribution in [2.45, 2.75) is 25.9 Å². The standard InChI is InChI=1S/C21H26N2O2/c1-16-7-9-19(10-8-16)22-20(24)15-23-13-11-18(12-14-23)21(25)17-5-3-2-4-6-17/h2-10,18,21,25H,11-15H2,1H3,(H,22,24)/t21-/m0/s1. The van der Waals surface area contributed by atoms with E-state index in [-0.39, 0.29) is 11.8 Å². The molecule has 1 atom stereocenters. The Hall–Kier alpha value is -2.17. The zero-order valence-electron chi connectivity index (χ0n) is 14.7. The van der Waals surface area contributed by atoms with E-state index in [9.17, 15) is 9.90 Å². The second-order valence-corrected chi connectivity index (χ2v) is 6.88. The largest absolute Gasteiger partial charge is 0.388 e. The highest BCUT2D eigenvalue weighted by atomic mass is 16.3. The van der Waals surface area contributed by atoms with Crippen LogP contribution in [0.5, 0.6) is 0 Å². The quantitative estimate of drug-likeness (QED) is 0.879. The maximum Gasteiger partial charge on any atom is 0.238 e. The van der Waals surface area contributed by atoms with Crippen LogP contribution in [0.15, 0.2) is 54.6 Å². The molecule has 4 heteroatoms. The number of anilines is 1. The Balaban J connectivity index is 1.46. The molecule has 0 radical (unpaired) electrons. The molecule has 132 valence electrons. The van der Waals surface area contributed by atoms with Crippen molar-refractivity contribution >= 4 is 11.6 Å². The summed E-state index contributed by atoms with van der Waals surface area (Å²) in [7, 11) is 0. The smallest absolute Gasteiger partial charge is 0.238 e. The third-order valence-corrected chi connectivity index (χ3v) is 4.92. The monoisotopic (exact) mass is 338 g/mol. The van der Waals surface area contributed by atoms with Gasteiger partial charge in [0.2, 0.25) is 5.91 Å². The molecule has 0 bridgehead atoms. The summed E-state index contributed by atoms with van der Waals surface area (Å²) in [5.41, 5.74) is 3.00. The minimum absolute atomic E-state index is 0.0194. The Morgan fingerprint density at radius 1 is 1.12 bits per heavy atom. The number of hydrogen-bond acceptors (Lipinski definition) is 3. The molecule has 1 fully saturated rings. The van der Waals surface area contributed by atoms with Crippen LogP contribution >= 0.6 is 0 Å². The molecule has 0 spiro atoms. The number of rotatable bonds is 5. The number of nitrogens with zero attached hydrogens (tertiary/aromatic N) is 1. The molecule has 1 amide bonds. The van der Waals surface area contributed by atoms with E-state index in [1.54, 1.807) is 0 Å². The molecule has 0 aromatic heterocycles. The predicted molar refractivity (Wildman–Crippen MR) is 100 cm³/mol. The molecule has 1 saturated heterocycles. The third kappa shape index (κ3) is 4.91. The van der Waals surface area contributed by atoms with E-state index < -0.39 is 6.10 Å². The second kappa shape index (κ2) is 8.28. The summed E-state index contributed by atoms with van der Waals surface area (Å²) in [6, 6.07) is 17.7. The Morgan fingerprint density at radius 3 is 2.40 bits per heavy atom. The summed E-state index contributed by atoms with van der Waals surface area (Å²) < 4.78 is 0. The molecule has 0 saturated carbocycles. The Morgan fingerprint density at radius 2 is 1.76 bits per heavy atom. The van der Waals surface area contributed by atoms with Gasteiger partial charge in [-0.25, -0.2) is 0 Å². The average molecular weight is 338 g/mol. The molecule has 2 N–H and O–H groups in total. The molecule has 0 aliphatic carbocycles. The molecule has 1 heterocycles. The first-order chi connectivity index (χ1) is 12.1. The van der Waals surface area contributed by atoms with E-state index in [0.29, 0.717) is 6.54 Å². The van der Waals surface area contributed by atoms with Gasteiger partial charge in [-0.05, 0) is 56.5 Å². The second-order valence-electron chi connectivity index (χ2n) is 6.88. The van der Waals surface area contributed by atoms with E-state index >= 15 is 0 Å². The maximum absolute atomic E-state index is 12.2. The first-order valence-electron chi connectivity index (χ1n) is 8.94. The van der Waals surface area contributed by atoms with E-state index in [4.69, 9.17) is 0 Å². The zero-order chi connectivity index (χ0) is 17.6. The van der Waals surface area contributed by atoms with E-state index in [1.807, 2.05) is 61.5 Å². The van der Waals surface area contributed by atoms with Crippen LogP contribution in [-0.2, 0) is 4.79 Å². The zero-order valence-corrected chi connectivity index (χ0v) is 14.7. The Labute approximate surface area is 149 Å². The number of aliphatic hydroxyl groups is 1. The SMILES string of the molecule is Cc1ccc(NC(=O)CN2CCC([C@@H](O)c3ccccc3)CC2)cc1. The van der Waals surface area contributed by atoms with E-state index in [0.717, 1.165) is 37.2 Å². The topological polar surface area (TPSA) is 52.6 Å². The van der Waals surface area contributed by atoms with Gasteiger partial charge in [0.25, 0.3) is 0 Å². The van der Waals surface area contributed by atoms with Crippen molar-refractivity contribution in [3.05, 3.63) is 65.7 Å². The highest BCUT2D eigenvalue weighted by Gasteiger charge is 2.26. The van der Waals surface area contributed by atoms with Crippen LogP contribution in [-0.4, -0.2) is 35.5 Å². The van der Waals surface area contributed by atoms with Gasteiger partial charge in [-0.3, -0.25) is 9.69 Å². The van der Waals surface area contributed by atoms with E-state index in [1.165, 1.54) is 5.56 Å². The lowest BCUT2D eigenvalue weighted by Crippen LogP contribution is -2.40. The summed E-state index contributed by atoms with van der Waals surface area (Å²) in [4.78, 5) is 14.4. The van der Waals surface area contributed by atoms with Gasteiger partial charge in [0.1, 0.15) is 0 Å². The molecule has 25 heavy (non-hydrogen) atoms. The van der Waals surface area contributed by atoms with Crippen LogP contribution in [0, 0.1) is 12.8 Å². The molecular formula is C21H26N2O2. The van der Waals surface area contributed by atoms with Crippen LogP contribution in [0.4, 0.5) is 5.69 Å². The lowest BCUT2D eigenvalue weighted by atomic mass is 9.87. The first kappa shape index (κ1) is 17.6. The van der Waals surface area contributed by atoms with Gasteiger partial charge < -0.3 is 10.4 Å². The number of amides is 1. The van der Waals surface area contributed by atoms with Crippen LogP contribution in [0.3, 0.4) is 0 Å². The van der Waals surface area contributed by atoms with Crippen molar-refractivity contribution in [3.63, 3.8) is 0 Å². The van der Waals surface area contributed by atoms with Crippen molar-refractivity contribution in [1.82, 2.24) is 4.90 Å². The fraction of sp³-hybridized carbons (Fsp3) is 0.381. The Kier molecular flexibility index (Phi) is 5.84. The number of piperidine rings is 1. The van der Waals surface area contributed by atoms with Crippen molar-refractivity contribution in [3.8, 4) is 0 Å². The highest BCUT2D eigenvalue weighted by Crippen LogP contribution is 2.30. The third-order valence-electron chi connectivity index (χ3n) is 4.92. The maximum atomic E-state index is 12.2. The highest BCUT2D eigenvalue weighted by molar-refractivity contribution is 5.92. The van der Waals surface area contributed by atoms with Gasteiger partial charge in [0.05, 0.1) is 12.6 Å². The number of carbonyl (C=O) groups is 1. The molecule has 1 aliphatic heterocycles. The molecule has 1 aliphatic rings. The molecule has 4 nitrogen and oxygen atoms in total. The Bertz CT molecular complexity index is 677. The fourth-order valence-electron chi connectivity index (χ4n) is 3.39. The molecule has 2 aromatic carbocycles. The average Bonchev–Trinajstić information content (AvgIpc) is 2.64. The molecule has 3 rings (SSSR count). The van der Waals surface area contributed by atoms with Gasteiger partial charge in [-0.1, -0.05) is 48.0 Å². The fourth-order valence-corrected chi connectivity index (χ4v) is 3.39. The minimum atomic E-state index is -0.412. The van der Waals surface area contributed by atoms with Crippen LogP contribution in [0.2, 0.25) is 0 Å². The van der Waals surface area contributed by atoms with Gasteiger partial charge in [-0.2, -0.15) is 0 Å². The van der Waals surface area contributed by atoms with Gasteiger partial charge >= 0.3 is 0 Å². The number of benzene rings is 2. The van der Waals surface area contributed by atoms with Crippen molar-refractivity contribution < 1.29 is 9.90 Å². The lowest BCUT2D eigenvalue weighted by molar-refractivity contribution is -0.117. The summed E-state index contributed by atoms with van der Waals surface area (Å²) >= 11 is 0. The number of hydrogen-bond donors (Lipinski definition) is 2. The summed E-state index contributed by atoms with van der Waals surface area (Å²) in [6.07, 6.45) is 1.41. The van der Waals surface area contributed by atoms with Gasteiger partial charge in [-0.15, -0.1) is 0 Å². The van der Waals surface area contributed by atoms with Crippen LogP contribution < -0.4 is 5.32 Å². The molecule has 2 aromatic rings. The normalized spacial score (nSPS) is 17.2. The first-order valence-corrected chi connectivity index (χ1v) is 8.94. The van der Waals surface area contributed by atoms with Gasteiger partial charge in [0, 0.05) is 5.69 Å². The summed E-state index contributed by atoms with van der Waals surface area (Å²) in [5, 5.41) is 13.5. The lowest BCUT2D eigenvalue weighted by Gasteiger charge is -2.34. The van der Waals surface area contributed by atoms with Gasteiger partial charge in [0.15, 0.2) is 0 Å². The molecular weight excluding hydrogens is 312 g/mol. The van der Waals surface area contributed by atoms with Crippen molar-refractivity contribution in [1.29, 1.82) is 0 Å². The number of carbonyl (C=O) groups excluding carboxylic acids is 1. The van der Waals surface area contributed by atoms with E-state index in [2.05, 4.69) is 10.2 Å². The van der Waals surface area contributed by atoms with Crippen LogP contribution in [0.1, 0.15) is 30.1 Å². The predicted octanol–water partition coefficient (Wildman–Crippen LogP) is 3.38. The van der Waals surface area contributed by atoms with Crippen LogP contribution in [0.25, 0.3) is 0 Å². The number of aryl methyl sites for hydroxylation is 1. The number of aliphatic hydroxyl groups excluding tert-OH is 1. The summed E-state index contributed by atoms with van der Waals surface area (Å²) in [5.74, 6) is 0.282. The van der Waals surface area contributed by atoms with Crippen molar-refractivity contribution in [2.75, 3.05) is 25.0 Å². The summed E-state index contributed by atoms with van der Waals surface area (Å²) in [6.45, 7) is 4.12. The minimum Gasteiger partial charge on any atom is -0.388 e. The number of nitrogens with one attached hydrogen (secondary N) is 1. The molecule has 0 unspecified atom stereocenters. The number of likely N-dealkylation sites (tertiary alicyclic amines) is 1. The van der Waals surface area contributed by atoms with Crippen molar-refractivity contribution in [2.24, 2.45) is 5.92 Å².